The summed E-state index contributed by atoms with van der Waals surface area (Å²) in [6.45, 7) is 0. The maximum atomic E-state index is 5.93. The lowest BCUT2D eigenvalue weighted by Crippen LogP contribution is -1.93. The van der Waals surface area contributed by atoms with Crippen LogP contribution in [0.25, 0.3) is 22.1 Å². The summed E-state index contributed by atoms with van der Waals surface area (Å²) < 4.78 is 0. The van der Waals surface area contributed by atoms with E-state index in [9.17, 15) is 0 Å². The molecule has 0 atom stereocenters. The molecule has 0 amide bonds. The van der Waals surface area contributed by atoms with Gasteiger partial charge in [-0.2, -0.15) is 0 Å². The highest BCUT2D eigenvalue weighted by Gasteiger charge is 2.05. The van der Waals surface area contributed by atoms with Crippen molar-refractivity contribution in [2.24, 2.45) is 0 Å². The van der Waals surface area contributed by atoms with Gasteiger partial charge in [-0.05, 0) is 24.3 Å². The minimum absolute atomic E-state index is 0.556. The third kappa shape index (κ3) is 1.37. The Balaban J connectivity index is 2.51. The van der Waals surface area contributed by atoms with E-state index >= 15 is 0 Å². The van der Waals surface area contributed by atoms with Gasteiger partial charge < -0.3 is 5.73 Å². The molecule has 16 heavy (non-hydrogen) atoms. The van der Waals surface area contributed by atoms with Crippen molar-refractivity contribution in [2.45, 2.75) is 0 Å². The molecule has 3 nitrogen and oxygen atoms in total. The molecule has 78 valence electrons. The average Bonchev–Trinajstić information content (AvgIpc) is 2.27. The maximum Gasteiger partial charge on any atom is 0.112 e. The SMILES string of the molecule is Nc1cc(Cl)cc2nc3ccccc3nc12. The molecular formula is C12H8ClN3. The van der Waals surface area contributed by atoms with Gasteiger partial charge in [0.15, 0.2) is 0 Å². The summed E-state index contributed by atoms with van der Waals surface area (Å²) in [7, 11) is 0. The number of hydrogen-bond donors (Lipinski definition) is 1. The predicted octanol–water partition coefficient (Wildman–Crippen LogP) is 3.02. The maximum absolute atomic E-state index is 5.93. The Morgan fingerprint density at radius 2 is 1.62 bits per heavy atom. The molecule has 0 saturated heterocycles. The van der Waals surface area contributed by atoms with Crippen LogP contribution < -0.4 is 5.73 Å². The third-order valence-corrected chi connectivity index (χ3v) is 2.66. The van der Waals surface area contributed by atoms with Gasteiger partial charge in [0.2, 0.25) is 0 Å². The summed E-state index contributed by atoms with van der Waals surface area (Å²) in [5.74, 6) is 0. The molecule has 0 unspecified atom stereocenters. The van der Waals surface area contributed by atoms with E-state index in [0.29, 0.717) is 16.2 Å². The van der Waals surface area contributed by atoms with Crippen LogP contribution in [0.15, 0.2) is 36.4 Å². The van der Waals surface area contributed by atoms with E-state index in [1.165, 1.54) is 0 Å². The number of nitrogens with two attached hydrogens (primary N) is 1. The van der Waals surface area contributed by atoms with Crippen molar-refractivity contribution in [3.05, 3.63) is 41.4 Å². The number of aromatic nitrogens is 2. The molecule has 0 aliphatic rings. The van der Waals surface area contributed by atoms with Crippen LogP contribution in [-0.4, -0.2) is 9.97 Å². The molecule has 1 aromatic heterocycles. The number of rotatable bonds is 0. The number of fused-ring (bicyclic) bond motifs is 2. The summed E-state index contributed by atoms with van der Waals surface area (Å²) in [5, 5.41) is 0.578. The molecule has 3 aromatic rings. The molecule has 0 fully saturated rings. The van der Waals surface area contributed by atoms with Crippen molar-refractivity contribution in [2.75, 3.05) is 5.73 Å². The average molecular weight is 230 g/mol. The van der Waals surface area contributed by atoms with Gasteiger partial charge in [-0.15, -0.1) is 0 Å². The number of benzene rings is 2. The Kier molecular flexibility index (Phi) is 1.94. The fourth-order valence-corrected chi connectivity index (χ4v) is 1.94. The summed E-state index contributed by atoms with van der Waals surface area (Å²) >= 11 is 5.93. The Bertz CT molecular complexity index is 694. The molecule has 0 radical (unpaired) electrons. The van der Waals surface area contributed by atoms with Crippen LogP contribution in [0.3, 0.4) is 0 Å². The van der Waals surface area contributed by atoms with Gasteiger partial charge in [0.1, 0.15) is 5.52 Å². The van der Waals surface area contributed by atoms with Crippen LogP contribution in [0, 0.1) is 0 Å². The molecule has 0 aliphatic heterocycles. The first kappa shape index (κ1) is 9.36. The molecule has 0 saturated carbocycles. The van der Waals surface area contributed by atoms with Gasteiger partial charge in [0.05, 0.1) is 22.2 Å². The van der Waals surface area contributed by atoms with E-state index in [-0.39, 0.29) is 0 Å². The van der Waals surface area contributed by atoms with Gasteiger partial charge in [-0.1, -0.05) is 23.7 Å². The lowest BCUT2D eigenvalue weighted by molar-refractivity contribution is 1.40. The highest BCUT2D eigenvalue weighted by atomic mass is 35.5. The van der Waals surface area contributed by atoms with Gasteiger partial charge in [0, 0.05) is 5.02 Å². The standard InChI is InChI=1S/C12H8ClN3/c13-7-5-8(14)12-11(6-7)15-9-3-1-2-4-10(9)16-12/h1-6H,14H2. The van der Waals surface area contributed by atoms with E-state index in [4.69, 9.17) is 17.3 Å². The number of para-hydroxylation sites is 2. The summed E-state index contributed by atoms with van der Waals surface area (Å²) in [6, 6.07) is 11.1. The first-order valence-electron chi connectivity index (χ1n) is 4.85. The van der Waals surface area contributed by atoms with Crippen LogP contribution in [0.5, 0.6) is 0 Å². The molecule has 0 bridgehead atoms. The lowest BCUT2D eigenvalue weighted by Gasteiger charge is -2.03. The predicted molar refractivity (Wildman–Crippen MR) is 66.5 cm³/mol. The van der Waals surface area contributed by atoms with Crippen molar-refractivity contribution in [3.63, 3.8) is 0 Å². The molecule has 4 heteroatoms. The number of nitrogen functional groups attached to an aromatic ring is 1. The minimum atomic E-state index is 0.556. The number of halogens is 1. The van der Waals surface area contributed by atoms with Crippen molar-refractivity contribution < 1.29 is 0 Å². The Morgan fingerprint density at radius 1 is 0.938 bits per heavy atom. The zero-order valence-corrected chi connectivity index (χ0v) is 9.07. The molecule has 2 N–H and O–H groups in total. The highest BCUT2D eigenvalue weighted by molar-refractivity contribution is 6.31. The number of hydrogen-bond acceptors (Lipinski definition) is 3. The second-order valence-electron chi connectivity index (χ2n) is 3.58. The molecule has 2 aromatic carbocycles. The smallest absolute Gasteiger partial charge is 0.112 e. The number of nitrogens with zero attached hydrogens (tertiary/aromatic N) is 2. The summed E-state index contributed by atoms with van der Waals surface area (Å²) in [6.07, 6.45) is 0. The van der Waals surface area contributed by atoms with E-state index in [2.05, 4.69) is 9.97 Å². The topological polar surface area (TPSA) is 51.8 Å². The number of anilines is 1. The second kappa shape index (κ2) is 3.32. The van der Waals surface area contributed by atoms with Gasteiger partial charge in [0.25, 0.3) is 0 Å². The first-order chi connectivity index (χ1) is 7.74. The van der Waals surface area contributed by atoms with Crippen LogP contribution in [0.1, 0.15) is 0 Å². The molecule has 0 spiro atoms. The van der Waals surface area contributed by atoms with E-state index < -0.39 is 0 Å². The zero-order valence-electron chi connectivity index (χ0n) is 8.31. The van der Waals surface area contributed by atoms with Gasteiger partial charge in [-0.3, -0.25) is 0 Å². The Hall–Kier alpha value is -1.87. The summed E-state index contributed by atoms with van der Waals surface area (Å²) in [4.78, 5) is 8.94. The van der Waals surface area contributed by atoms with Gasteiger partial charge in [-0.25, -0.2) is 9.97 Å². The van der Waals surface area contributed by atoms with E-state index in [0.717, 1.165) is 16.6 Å². The monoisotopic (exact) mass is 229 g/mol. The fourth-order valence-electron chi connectivity index (χ4n) is 1.72. The second-order valence-corrected chi connectivity index (χ2v) is 4.01. The van der Waals surface area contributed by atoms with Gasteiger partial charge >= 0.3 is 0 Å². The van der Waals surface area contributed by atoms with Crippen molar-refractivity contribution >= 4 is 39.4 Å². The highest BCUT2D eigenvalue weighted by Crippen LogP contribution is 2.24. The first-order valence-corrected chi connectivity index (χ1v) is 5.23. The zero-order chi connectivity index (χ0) is 11.1. The van der Waals surface area contributed by atoms with Crippen LogP contribution in [-0.2, 0) is 0 Å². The van der Waals surface area contributed by atoms with Crippen molar-refractivity contribution in [1.29, 1.82) is 0 Å². The molecule has 1 heterocycles. The minimum Gasteiger partial charge on any atom is -0.397 e. The fraction of sp³-hybridized carbons (Fsp3) is 0. The van der Waals surface area contributed by atoms with Crippen LogP contribution >= 0.6 is 11.6 Å². The van der Waals surface area contributed by atoms with Crippen molar-refractivity contribution in [3.8, 4) is 0 Å². The third-order valence-electron chi connectivity index (χ3n) is 2.44. The van der Waals surface area contributed by atoms with E-state index in [1.54, 1.807) is 12.1 Å². The van der Waals surface area contributed by atoms with Crippen LogP contribution in [0.2, 0.25) is 5.02 Å². The Morgan fingerprint density at radius 3 is 2.38 bits per heavy atom. The van der Waals surface area contributed by atoms with E-state index in [1.807, 2.05) is 24.3 Å². The van der Waals surface area contributed by atoms with Crippen LogP contribution in [0.4, 0.5) is 5.69 Å². The lowest BCUT2D eigenvalue weighted by atomic mass is 10.2. The van der Waals surface area contributed by atoms with Crippen molar-refractivity contribution in [1.82, 2.24) is 9.97 Å². The Labute approximate surface area is 96.9 Å². The normalized spacial score (nSPS) is 11.1. The quantitative estimate of drug-likeness (QED) is 0.476. The largest absolute Gasteiger partial charge is 0.397 e. The summed E-state index contributed by atoms with van der Waals surface area (Å²) in [5.41, 5.74) is 9.52. The molecular weight excluding hydrogens is 222 g/mol. The molecule has 3 rings (SSSR count). The molecule has 0 aliphatic carbocycles.